The van der Waals surface area contributed by atoms with Crippen molar-refractivity contribution in [3.05, 3.63) is 80.2 Å². The molecule has 27 heavy (non-hydrogen) atoms. The Morgan fingerprint density at radius 2 is 1.89 bits per heavy atom. The van der Waals surface area contributed by atoms with Crippen LogP contribution in [0.25, 0.3) is 11.0 Å². The third-order valence-corrected chi connectivity index (χ3v) is 4.98. The van der Waals surface area contributed by atoms with Crippen LogP contribution in [0.15, 0.2) is 57.7 Å². The summed E-state index contributed by atoms with van der Waals surface area (Å²) in [4.78, 5) is 23.2. The molecule has 2 atom stereocenters. The van der Waals surface area contributed by atoms with E-state index in [-0.39, 0.29) is 11.6 Å². The summed E-state index contributed by atoms with van der Waals surface area (Å²) in [5.74, 6) is -0.892. The van der Waals surface area contributed by atoms with Crippen molar-refractivity contribution in [2.45, 2.75) is 25.0 Å². The molecule has 0 N–H and O–H groups in total. The molecule has 0 bridgehead atoms. The summed E-state index contributed by atoms with van der Waals surface area (Å²) in [6.45, 7) is 1.80. The van der Waals surface area contributed by atoms with Crippen LogP contribution >= 0.6 is 0 Å². The fourth-order valence-corrected chi connectivity index (χ4v) is 3.51. The molecule has 2 unspecified atom stereocenters. The molecule has 1 aromatic heterocycles. The maximum Gasteiger partial charge on any atom is 0.343 e. The molecule has 7 nitrogen and oxygen atoms in total. The van der Waals surface area contributed by atoms with Gasteiger partial charge in [-0.3, -0.25) is 10.1 Å². The first-order valence-electron chi connectivity index (χ1n) is 8.46. The Bertz CT molecular complexity index is 1090. The SMILES string of the molecule is COC1(C)CC(c2ccc([N+](=O)[O-])cc2)c2c(c3ccccc3oc2=O)O1. The molecule has 3 aromatic rings. The molecule has 1 aliphatic heterocycles. The third-order valence-electron chi connectivity index (χ3n) is 4.98. The second kappa shape index (κ2) is 6.21. The van der Waals surface area contributed by atoms with Crippen molar-refractivity contribution in [1.82, 2.24) is 0 Å². The van der Waals surface area contributed by atoms with Gasteiger partial charge in [0.15, 0.2) is 0 Å². The maximum absolute atomic E-state index is 12.7. The van der Waals surface area contributed by atoms with Gasteiger partial charge in [-0.15, -0.1) is 0 Å². The van der Waals surface area contributed by atoms with Gasteiger partial charge >= 0.3 is 5.63 Å². The maximum atomic E-state index is 12.7. The molecule has 2 aromatic carbocycles. The average molecular weight is 367 g/mol. The predicted octanol–water partition coefficient (Wildman–Crippen LogP) is 3.98. The number of nitrogens with zero attached hydrogens (tertiary/aromatic N) is 1. The summed E-state index contributed by atoms with van der Waals surface area (Å²) < 4.78 is 17.2. The first-order chi connectivity index (χ1) is 12.9. The number of nitro benzene ring substituents is 1. The minimum Gasteiger partial charge on any atom is -0.461 e. The predicted molar refractivity (Wildman–Crippen MR) is 98.1 cm³/mol. The Kier molecular flexibility index (Phi) is 3.96. The molecule has 0 amide bonds. The van der Waals surface area contributed by atoms with E-state index in [4.69, 9.17) is 13.9 Å². The molecule has 7 heteroatoms. The highest BCUT2D eigenvalue weighted by atomic mass is 16.7. The Balaban J connectivity index is 1.95. The number of nitro groups is 1. The van der Waals surface area contributed by atoms with E-state index in [1.807, 2.05) is 12.1 Å². The lowest BCUT2D eigenvalue weighted by Gasteiger charge is -2.38. The van der Waals surface area contributed by atoms with Gasteiger partial charge in [-0.1, -0.05) is 24.3 Å². The van der Waals surface area contributed by atoms with Crippen molar-refractivity contribution in [1.29, 1.82) is 0 Å². The second-order valence-corrected chi connectivity index (χ2v) is 6.67. The molecule has 0 saturated heterocycles. The van der Waals surface area contributed by atoms with Gasteiger partial charge in [0.05, 0.1) is 15.9 Å². The smallest absolute Gasteiger partial charge is 0.343 e. The minimum atomic E-state index is -0.948. The van der Waals surface area contributed by atoms with Gasteiger partial charge in [-0.25, -0.2) is 4.79 Å². The molecule has 1 aliphatic rings. The highest BCUT2D eigenvalue weighted by molar-refractivity contribution is 5.85. The lowest BCUT2D eigenvalue weighted by atomic mass is 9.83. The molecule has 0 aliphatic carbocycles. The first-order valence-corrected chi connectivity index (χ1v) is 8.46. The molecular formula is C20H17NO6. The number of fused-ring (bicyclic) bond motifs is 3. The summed E-state index contributed by atoms with van der Waals surface area (Å²) in [5.41, 5.74) is 1.11. The summed E-state index contributed by atoms with van der Waals surface area (Å²) in [6, 6.07) is 13.3. The van der Waals surface area contributed by atoms with E-state index in [1.54, 1.807) is 38.3 Å². The Morgan fingerprint density at radius 1 is 1.19 bits per heavy atom. The lowest BCUT2D eigenvalue weighted by molar-refractivity contribution is -0.384. The van der Waals surface area contributed by atoms with Gasteiger partial charge < -0.3 is 13.9 Å². The molecule has 0 saturated carbocycles. The number of non-ortho nitro benzene ring substituents is 1. The topological polar surface area (TPSA) is 91.8 Å². The van der Waals surface area contributed by atoms with Crippen LogP contribution in [0.2, 0.25) is 0 Å². The highest BCUT2D eigenvalue weighted by Gasteiger charge is 2.41. The van der Waals surface area contributed by atoms with Crippen LogP contribution in [0, 0.1) is 10.1 Å². The summed E-state index contributed by atoms with van der Waals surface area (Å²) in [7, 11) is 1.55. The average Bonchev–Trinajstić information content (AvgIpc) is 2.67. The summed E-state index contributed by atoms with van der Waals surface area (Å²) >= 11 is 0. The largest absolute Gasteiger partial charge is 0.461 e. The van der Waals surface area contributed by atoms with E-state index in [0.29, 0.717) is 28.7 Å². The third kappa shape index (κ3) is 2.86. The number of hydrogen-bond donors (Lipinski definition) is 0. The van der Waals surface area contributed by atoms with Crippen LogP contribution in [-0.2, 0) is 4.74 Å². The molecule has 138 valence electrons. The summed E-state index contributed by atoms with van der Waals surface area (Å²) in [6.07, 6.45) is 0.372. The minimum absolute atomic E-state index is 0.00826. The van der Waals surface area contributed by atoms with Gasteiger partial charge in [0.25, 0.3) is 5.69 Å². The van der Waals surface area contributed by atoms with Crippen LogP contribution < -0.4 is 10.4 Å². The molecular weight excluding hydrogens is 350 g/mol. The normalized spacial score (nSPS) is 21.5. The molecule has 0 spiro atoms. The molecule has 4 rings (SSSR count). The quantitative estimate of drug-likeness (QED) is 0.395. The Labute approximate surface area is 154 Å². The number of para-hydroxylation sites is 1. The van der Waals surface area contributed by atoms with Crippen molar-refractivity contribution >= 4 is 16.7 Å². The monoisotopic (exact) mass is 367 g/mol. The highest BCUT2D eigenvalue weighted by Crippen LogP contribution is 2.46. The van der Waals surface area contributed by atoms with E-state index in [2.05, 4.69) is 0 Å². The zero-order chi connectivity index (χ0) is 19.2. The molecule has 0 fully saturated rings. The van der Waals surface area contributed by atoms with Gasteiger partial charge in [0.1, 0.15) is 11.3 Å². The van der Waals surface area contributed by atoms with Crippen molar-refractivity contribution in [3.63, 3.8) is 0 Å². The zero-order valence-electron chi connectivity index (χ0n) is 14.8. The van der Waals surface area contributed by atoms with Crippen LogP contribution in [0.4, 0.5) is 5.69 Å². The van der Waals surface area contributed by atoms with Crippen LogP contribution in [0.3, 0.4) is 0 Å². The van der Waals surface area contributed by atoms with Gasteiger partial charge in [-0.2, -0.15) is 0 Å². The number of hydrogen-bond acceptors (Lipinski definition) is 6. The van der Waals surface area contributed by atoms with Crippen molar-refractivity contribution in [2.75, 3.05) is 7.11 Å². The van der Waals surface area contributed by atoms with Crippen LogP contribution in [0.1, 0.15) is 30.4 Å². The fraction of sp³-hybridized carbons (Fsp3) is 0.250. The zero-order valence-corrected chi connectivity index (χ0v) is 14.8. The van der Waals surface area contributed by atoms with E-state index in [0.717, 1.165) is 5.56 Å². The van der Waals surface area contributed by atoms with E-state index in [9.17, 15) is 14.9 Å². The molecule has 0 radical (unpaired) electrons. The number of rotatable bonds is 3. The van der Waals surface area contributed by atoms with Crippen molar-refractivity contribution < 1.29 is 18.8 Å². The van der Waals surface area contributed by atoms with Crippen molar-refractivity contribution in [2.24, 2.45) is 0 Å². The standard InChI is InChI=1S/C20H17NO6/c1-20(25-2)11-15(12-7-9-13(10-8-12)21(23)24)17-18(27-20)14-5-3-4-6-16(14)26-19(17)22/h3-10,15H,11H2,1-2H3. The van der Waals surface area contributed by atoms with E-state index in [1.165, 1.54) is 12.1 Å². The van der Waals surface area contributed by atoms with E-state index < -0.39 is 16.3 Å². The number of methoxy groups -OCH3 is 1. The second-order valence-electron chi connectivity index (χ2n) is 6.67. The van der Waals surface area contributed by atoms with Gasteiger partial charge in [-0.05, 0) is 17.7 Å². The van der Waals surface area contributed by atoms with Gasteiger partial charge in [0.2, 0.25) is 5.79 Å². The number of ether oxygens (including phenoxy) is 2. The van der Waals surface area contributed by atoms with Crippen molar-refractivity contribution in [3.8, 4) is 5.75 Å². The molecule has 2 heterocycles. The van der Waals surface area contributed by atoms with Crippen LogP contribution in [-0.4, -0.2) is 17.8 Å². The Morgan fingerprint density at radius 3 is 2.56 bits per heavy atom. The lowest BCUT2D eigenvalue weighted by Crippen LogP contribution is -2.41. The van der Waals surface area contributed by atoms with Crippen LogP contribution in [0.5, 0.6) is 5.75 Å². The Hall–Kier alpha value is -3.19. The fourth-order valence-electron chi connectivity index (χ4n) is 3.51. The summed E-state index contributed by atoms with van der Waals surface area (Å²) in [5, 5.41) is 11.6. The van der Waals surface area contributed by atoms with E-state index >= 15 is 0 Å². The van der Waals surface area contributed by atoms with Gasteiger partial charge in [0, 0.05) is 38.5 Å². The first kappa shape index (κ1) is 17.2. The number of benzene rings is 2.